The highest BCUT2D eigenvalue weighted by molar-refractivity contribution is 7.48. The maximum absolute atomic E-state index is 11.0. The predicted molar refractivity (Wildman–Crippen MR) is 43.2 cm³/mol. The van der Waals surface area contributed by atoms with E-state index in [1.165, 1.54) is 0 Å². The Balaban J connectivity index is 2.69. The van der Waals surface area contributed by atoms with Gasteiger partial charge in [-0.1, -0.05) is 18.2 Å². The van der Waals surface area contributed by atoms with Gasteiger partial charge in [-0.2, -0.15) is 0 Å². The highest BCUT2D eigenvalue weighted by atomic mass is 31.1. The van der Waals surface area contributed by atoms with Crippen molar-refractivity contribution >= 4 is 13.3 Å². The van der Waals surface area contributed by atoms with E-state index < -0.39 is 14.8 Å². The van der Waals surface area contributed by atoms with E-state index in [1.54, 1.807) is 24.3 Å². The first kappa shape index (κ1) is 8.47. The van der Waals surface area contributed by atoms with E-state index in [0.717, 1.165) is 0 Å². The van der Waals surface area contributed by atoms with Gasteiger partial charge in [0.15, 0.2) is 6.79 Å². The molecule has 0 saturated heterocycles. The minimum Gasteiger partial charge on any atom is -0.370 e. The maximum atomic E-state index is 11.0. The van der Waals surface area contributed by atoms with Gasteiger partial charge < -0.3 is 9.63 Å². The summed E-state index contributed by atoms with van der Waals surface area (Å²) in [6.45, 7) is -0.493. The van der Waals surface area contributed by atoms with E-state index >= 15 is 0 Å². The van der Waals surface area contributed by atoms with Crippen LogP contribution in [-0.2, 0) is 9.09 Å². The average molecular weight is 172 g/mol. The normalized spacial score (nSPS) is 12.8. The van der Waals surface area contributed by atoms with Crippen molar-refractivity contribution in [1.82, 2.24) is 0 Å². The molecule has 0 fully saturated rings. The van der Waals surface area contributed by atoms with Crippen molar-refractivity contribution in [2.45, 2.75) is 0 Å². The second-order valence-electron chi connectivity index (χ2n) is 1.93. The molecule has 0 amide bonds. The number of rotatable bonds is 3. The van der Waals surface area contributed by atoms with E-state index in [-0.39, 0.29) is 0 Å². The largest absolute Gasteiger partial charge is 0.370 e. The molecule has 0 aliphatic rings. The summed E-state index contributed by atoms with van der Waals surface area (Å²) in [5.74, 6) is 0. The molecule has 0 heterocycles. The maximum Gasteiger partial charge on any atom is 0.222 e. The fourth-order valence-electron chi connectivity index (χ4n) is 0.716. The Morgan fingerprint density at radius 2 is 2.00 bits per heavy atom. The molecule has 0 bridgehead atoms. The molecule has 1 unspecified atom stereocenters. The first-order chi connectivity index (χ1) is 5.34. The zero-order valence-electron chi connectivity index (χ0n) is 5.86. The van der Waals surface area contributed by atoms with Crippen LogP contribution in [0.3, 0.4) is 0 Å². The summed E-state index contributed by atoms with van der Waals surface area (Å²) in [5.41, 5.74) is 0. The molecule has 0 aromatic heterocycles. The third kappa shape index (κ3) is 2.46. The summed E-state index contributed by atoms with van der Waals surface area (Å²) in [7, 11) is -2.22. The van der Waals surface area contributed by atoms with Crippen LogP contribution in [0.25, 0.3) is 0 Å². The van der Waals surface area contributed by atoms with E-state index in [4.69, 9.17) is 5.11 Å². The van der Waals surface area contributed by atoms with Gasteiger partial charge in [0.25, 0.3) is 0 Å². The zero-order chi connectivity index (χ0) is 8.10. The molecular formula is C7H9O3P. The third-order valence-corrected chi connectivity index (χ3v) is 2.40. The molecule has 1 rings (SSSR count). The second-order valence-corrected chi connectivity index (χ2v) is 3.37. The lowest BCUT2D eigenvalue weighted by molar-refractivity contribution is 0.109. The van der Waals surface area contributed by atoms with E-state index in [2.05, 4.69) is 4.52 Å². The lowest BCUT2D eigenvalue weighted by Crippen LogP contribution is -1.96. The minimum absolute atomic E-state index is 0.493. The molecule has 0 saturated carbocycles. The van der Waals surface area contributed by atoms with Crippen LogP contribution < -0.4 is 5.30 Å². The summed E-state index contributed by atoms with van der Waals surface area (Å²) in [6, 6.07) is 8.79. The van der Waals surface area contributed by atoms with Crippen molar-refractivity contribution in [3.8, 4) is 0 Å². The molecule has 0 aliphatic carbocycles. The summed E-state index contributed by atoms with van der Waals surface area (Å²) in [5, 5.41) is 8.93. The van der Waals surface area contributed by atoms with Gasteiger partial charge in [-0.15, -0.1) is 0 Å². The van der Waals surface area contributed by atoms with Gasteiger partial charge in [-0.25, -0.2) is 0 Å². The van der Waals surface area contributed by atoms with Crippen LogP contribution >= 0.6 is 8.03 Å². The van der Waals surface area contributed by atoms with Gasteiger partial charge in [-0.3, -0.25) is 4.57 Å². The van der Waals surface area contributed by atoms with E-state index in [1.807, 2.05) is 6.07 Å². The van der Waals surface area contributed by atoms with Gasteiger partial charge in [-0.05, 0) is 12.1 Å². The average Bonchev–Trinajstić information content (AvgIpc) is 2.07. The van der Waals surface area contributed by atoms with E-state index in [0.29, 0.717) is 5.30 Å². The van der Waals surface area contributed by atoms with Crippen LogP contribution in [0, 0.1) is 0 Å². The molecule has 1 aromatic rings. The Morgan fingerprint density at radius 1 is 1.36 bits per heavy atom. The van der Waals surface area contributed by atoms with E-state index in [9.17, 15) is 4.57 Å². The summed E-state index contributed by atoms with van der Waals surface area (Å²) in [6.07, 6.45) is 0. The Kier molecular flexibility index (Phi) is 3.30. The van der Waals surface area contributed by atoms with Crippen molar-refractivity contribution in [2.75, 3.05) is 6.79 Å². The van der Waals surface area contributed by atoms with Crippen molar-refractivity contribution in [2.24, 2.45) is 0 Å². The third-order valence-electron chi connectivity index (χ3n) is 1.21. The molecule has 0 spiro atoms. The minimum atomic E-state index is -2.22. The van der Waals surface area contributed by atoms with Gasteiger partial charge >= 0.3 is 0 Å². The highest BCUT2D eigenvalue weighted by Crippen LogP contribution is 2.19. The molecular weight excluding hydrogens is 163 g/mol. The number of aliphatic hydroxyl groups excluding tert-OH is 1. The first-order valence-electron chi connectivity index (χ1n) is 3.17. The quantitative estimate of drug-likeness (QED) is 0.540. The Hall–Kier alpha value is -0.630. The molecule has 0 aliphatic heterocycles. The standard InChI is InChI=1S/C7H9O3P/c8-6-10-11(9)7-4-2-1-3-5-7/h1-5,8,11H,6H2. The molecule has 60 valence electrons. The molecule has 0 radical (unpaired) electrons. The zero-order valence-corrected chi connectivity index (χ0v) is 6.86. The number of hydrogen-bond donors (Lipinski definition) is 1. The molecule has 1 atom stereocenters. The summed E-state index contributed by atoms with van der Waals surface area (Å²) >= 11 is 0. The summed E-state index contributed by atoms with van der Waals surface area (Å²) in [4.78, 5) is 0. The van der Waals surface area contributed by atoms with Crippen molar-refractivity contribution in [3.05, 3.63) is 30.3 Å². The Bertz CT molecular complexity index is 235. The lowest BCUT2D eigenvalue weighted by Gasteiger charge is -1.98. The van der Waals surface area contributed by atoms with Crippen molar-refractivity contribution in [1.29, 1.82) is 0 Å². The van der Waals surface area contributed by atoms with Crippen molar-refractivity contribution < 1.29 is 14.2 Å². The van der Waals surface area contributed by atoms with Crippen LogP contribution in [-0.4, -0.2) is 11.9 Å². The van der Waals surface area contributed by atoms with Crippen LogP contribution in [0.15, 0.2) is 30.3 Å². The SMILES string of the molecule is O=[PH](OCO)c1ccccc1. The molecule has 4 heteroatoms. The molecule has 1 aromatic carbocycles. The fraction of sp³-hybridized carbons (Fsp3) is 0.143. The van der Waals surface area contributed by atoms with Crippen LogP contribution in [0.1, 0.15) is 0 Å². The van der Waals surface area contributed by atoms with Crippen LogP contribution in [0.5, 0.6) is 0 Å². The van der Waals surface area contributed by atoms with Crippen LogP contribution in [0.4, 0.5) is 0 Å². The van der Waals surface area contributed by atoms with Crippen LogP contribution in [0.2, 0.25) is 0 Å². The molecule has 1 N–H and O–H groups in total. The molecule has 11 heavy (non-hydrogen) atoms. The van der Waals surface area contributed by atoms with Crippen molar-refractivity contribution in [3.63, 3.8) is 0 Å². The monoisotopic (exact) mass is 172 g/mol. The van der Waals surface area contributed by atoms with Gasteiger partial charge in [0.2, 0.25) is 8.03 Å². The number of hydrogen-bond acceptors (Lipinski definition) is 3. The van der Waals surface area contributed by atoms with Gasteiger partial charge in [0.05, 0.1) is 0 Å². The summed E-state index contributed by atoms with van der Waals surface area (Å²) < 4.78 is 15.6. The Morgan fingerprint density at radius 3 is 2.55 bits per heavy atom. The first-order valence-corrected chi connectivity index (χ1v) is 4.49. The van der Waals surface area contributed by atoms with Gasteiger partial charge in [0.1, 0.15) is 0 Å². The lowest BCUT2D eigenvalue weighted by atomic mass is 10.4. The number of benzene rings is 1. The fourth-order valence-corrected chi connectivity index (χ4v) is 1.46. The molecule has 3 nitrogen and oxygen atoms in total. The Labute approximate surface area is 65.5 Å². The topological polar surface area (TPSA) is 46.5 Å². The number of aliphatic hydroxyl groups is 1. The second kappa shape index (κ2) is 4.29. The predicted octanol–water partition coefficient (Wildman–Crippen LogP) is 0.753. The van der Waals surface area contributed by atoms with Gasteiger partial charge in [0, 0.05) is 5.30 Å². The highest BCUT2D eigenvalue weighted by Gasteiger charge is 1.99. The smallest absolute Gasteiger partial charge is 0.222 e.